The Hall–Kier alpha value is -5.46. The van der Waals surface area contributed by atoms with E-state index < -0.39 is 134 Å². The molecular weight excluding hydrogens is 758 g/mol. The van der Waals surface area contributed by atoms with Gasteiger partial charge < -0.3 is 75.1 Å². The molecule has 0 aromatic carbocycles. The van der Waals surface area contributed by atoms with Gasteiger partial charge in [-0.25, -0.2) is 4.79 Å². The van der Waals surface area contributed by atoms with Gasteiger partial charge in [-0.05, 0) is 57.5 Å². The van der Waals surface area contributed by atoms with Gasteiger partial charge in [0, 0.05) is 0 Å². The number of nitrogens with two attached hydrogens (primary N) is 3. The molecule has 1 heterocycles. The van der Waals surface area contributed by atoms with E-state index in [0.29, 0.717) is 32.4 Å². The maximum Gasteiger partial charge on any atom is 0.326 e. The molecule has 7 atom stereocenters. The Balaban J connectivity index is 3.04. The van der Waals surface area contributed by atoms with Crippen molar-refractivity contribution in [1.82, 2.24) is 42.5 Å². The molecular formula is C33H57N11O13. The van der Waals surface area contributed by atoms with Crippen LogP contribution in [0.2, 0.25) is 0 Å². The van der Waals surface area contributed by atoms with Crippen molar-refractivity contribution in [3.05, 3.63) is 0 Å². The van der Waals surface area contributed by atoms with Gasteiger partial charge in [-0.15, -0.1) is 0 Å². The van der Waals surface area contributed by atoms with Gasteiger partial charge in [0.2, 0.25) is 53.2 Å². The van der Waals surface area contributed by atoms with Crippen molar-refractivity contribution >= 4 is 59.1 Å². The number of primary amides is 2. The maximum atomic E-state index is 13.4. The van der Waals surface area contributed by atoms with Crippen LogP contribution in [0.5, 0.6) is 0 Å². The molecule has 17 N–H and O–H groups in total. The topological polar surface area (TPSA) is 406 Å². The fraction of sp³-hybridized carbons (Fsp3) is 0.697. The van der Waals surface area contributed by atoms with Gasteiger partial charge in [0.25, 0.3) is 0 Å². The molecule has 0 aliphatic carbocycles. The molecule has 24 heteroatoms. The quantitative estimate of drug-likeness (QED) is 0.0343. The Morgan fingerprint density at radius 2 is 1.16 bits per heavy atom. The first-order valence-corrected chi connectivity index (χ1v) is 18.4. The number of carboxylic acid groups (broad SMARTS) is 1. The SMILES string of the molecule is CC(C)CC(NC(=O)C(CO)NC(=O)C1CCCN1)C(=O)NC(CC(N)=O)C(=O)NC(CO)C(=O)NC(CC(N)=O)C(=O)NCC(=O)NC(CCCCN)C(=O)O. The van der Waals surface area contributed by atoms with Crippen LogP contribution in [0.1, 0.15) is 65.2 Å². The van der Waals surface area contributed by atoms with E-state index in [2.05, 4.69) is 42.5 Å². The van der Waals surface area contributed by atoms with Crippen molar-refractivity contribution in [2.75, 3.05) is 32.8 Å². The van der Waals surface area contributed by atoms with E-state index in [-0.39, 0.29) is 18.8 Å². The number of aliphatic hydroxyl groups excluding tert-OH is 2. The lowest BCUT2D eigenvalue weighted by Crippen LogP contribution is -2.61. The third-order valence-electron chi connectivity index (χ3n) is 8.43. The smallest absolute Gasteiger partial charge is 0.326 e. The molecule has 1 aliphatic heterocycles. The fourth-order valence-corrected chi connectivity index (χ4v) is 5.47. The number of aliphatic carboxylic acids is 1. The Morgan fingerprint density at radius 1 is 0.667 bits per heavy atom. The van der Waals surface area contributed by atoms with Crippen LogP contribution in [0.25, 0.3) is 0 Å². The number of rotatable bonds is 27. The Bertz CT molecular complexity index is 1440. The summed E-state index contributed by atoms with van der Waals surface area (Å²) in [6, 6.07) is -10.0. The van der Waals surface area contributed by atoms with Gasteiger partial charge in [-0.2, -0.15) is 0 Å². The summed E-state index contributed by atoms with van der Waals surface area (Å²) in [5.74, 6) is -10.7. The largest absolute Gasteiger partial charge is 0.480 e. The molecule has 0 radical (unpaired) electrons. The summed E-state index contributed by atoms with van der Waals surface area (Å²) in [6.07, 6.45) is 0.562. The zero-order chi connectivity index (χ0) is 43.2. The molecule has 9 amide bonds. The standard InChI is InChI=1S/C33H57N11O13/c1-16(2)10-19(40-31(54)22(14-45)43-28(51)17-7-5-9-37-17)29(52)42-21(12-25(36)48)30(53)44-23(15-46)32(55)41-20(11-24(35)47)27(50)38-13-26(49)39-18(33(56)57)6-3-4-8-34/h16-23,37,45-46H,3-15,34H2,1-2H3,(H2,35,47)(H2,36,48)(H,38,50)(H,39,49)(H,40,54)(H,41,55)(H,42,52)(H,43,51)(H,44,53)(H,56,57). The van der Waals surface area contributed by atoms with Gasteiger partial charge in [0.05, 0.1) is 38.6 Å². The maximum absolute atomic E-state index is 13.4. The first-order valence-electron chi connectivity index (χ1n) is 18.4. The highest BCUT2D eigenvalue weighted by atomic mass is 16.4. The minimum Gasteiger partial charge on any atom is -0.480 e. The van der Waals surface area contributed by atoms with Crippen molar-refractivity contribution in [2.45, 2.75) is 108 Å². The van der Waals surface area contributed by atoms with Crippen LogP contribution >= 0.6 is 0 Å². The molecule has 322 valence electrons. The molecule has 0 saturated carbocycles. The molecule has 0 bridgehead atoms. The molecule has 57 heavy (non-hydrogen) atoms. The van der Waals surface area contributed by atoms with Crippen LogP contribution in [0.15, 0.2) is 0 Å². The normalized spacial score (nSPS) is 16.7. The van der Waals surface area contributed by atoms with E-state index in [1.165, 1.54) is 0 Å². The highest BCUT2D eigenvalue weighted by Crippen LogP contribution is 2.09. The Labute approximate surface area is 328 Å². The number of amides is 9. The molecule has 1 saturated heterocycles. The molecule has 24 nitrogen and oxygen atoms in total. The lowest BCUT2D eigenvalue weighted by molar-refractivity contribution is -0.142. The van der Waals surface area contributed by atoms with Crippen molar-refractivity contribution in [2.24, 2.45) is 23.1 Å². The van der Waals surface area contributed by atoms with Crippen LogP contribution in [0.3, 0.4) is 0 Å². The number of nitrogens with one attached hydrogen (secondary N) is 8. The third-order valence-corrected chi connectivity index (χ3v) is 8.43. The predicted octanol–water partition coefficient (Wildman–Crippen LogP) is -7.24. The summed E-state index contributed by atoms with van der Waals surface area (Å²) < 4.78 is 0. The first kappa shape index (κ1) is 49.6. The average Bonchev–Trinajstić information content (AvgIpc) is 3.68. The Morgan fingerprint density at radius 3 is 1.63 bits per heavy atom. The van der Waals surface area contributed by atoms with Gasteiger partial charge in [0.1, 0.15) is 36.3 Å². The lowest BCUT2D eigenvalue weighted by Gasteiger charge is -2.27. The molecule has 1 aliphatic rings. The second kappa shape index (κ2) is 25.6. The summed E-state index contributed by atoms with van der Waals surface area (Å²) in [5, 5.41) is 47.7. The molecule has 0 spiro atoms. The van der Waals surface area contributed by atoms with Gasteiger partial charge >= 0.3 is 5.97 Å². The molecule has 7 unspecified atom stereocenters. The van der Waals surface area contributed by atoms with E-state index >= 15 is 0 Å². The fourth-order valence-electron chi connectivity index (χ4n) is 5.47. The van der Waals surface area contributed by atoms with E-state index in [9.17, 15) is 63.3 Å². The van der Waals surface area contributed by atoms with E-state index in [1.54, 1.807) is 13.8 Å². The second-order valence-electron chi connectivity index (χ2n) is 13.8. The molecule has 1 rings (SSSR count). The van der Waals surface area contributed by atoms with Crippen LogP contribution in [0, 0.1) is 5.92 Å². The van der Waals surface area contributed by atoms with E-state index in [4.69, 9.17) is 17.2 Å². The van der Waals surface area contributed by atoms with Gasteiger partial charge in [-0.1, -0.05) is 13.8 Å². The summed E-state index contributed by atoms with van der Waals surface area (Å²) >= 11 is 0. The number of carbonyl (C=O) groups is 10. The van der Waals surface area contributed by atoms with Gasteiger partial charge in [-0.3, -0.25) is 43.2 Å². The second-order valence-corrected chi connectivity index (χ2v) is 13.8. The molecule has 0 aromatic rings. The minimum atomic E-state index is -1.87. The number of hydrogen-bond acceptors (Lipinski definition) is 14. The van der Waals surface area contributed by atoms with Crippen LogP contribution in [0.4, 0.5) is 0 Å². The number of unbranched alkanes of at least 4 members (excludes halogenated alkanes) is 1. The molecule has 1 fully saturated rings. The first-order chi connectivity index (χ1) is 26.8. The highest BCUT2D eigenvalue weighted by molar-refractivity contribution is 5.99. The average molecular weight is 816 g/mol. The highest BCUT2D eigenvalue weighted by Gasteiger charge is 2.34. The Kier molecular flexibility index (Phi) is 22.3. The monoisotopic (exact) mass is 815 g/mol. The summed E-state index contributed by atoms with van der Waals surface area (Å²) in [5.41, 5.74) is 15.9. The molecule has 0 aromatic heterocycles. The minimum absolute atomic E-state index is 0.0136. The van der Waals surface area contributed by atoms with E-state index in [1.807, 2.05) is 0 Å². The number of carbonyl (C=O) groups excluding carboxylic acids is 9. The zero-order valence-electron chi connectivity index (χ0n) is 32.0. The van der Waals surface area contributed by atoms with Gasteiger partial charge in [0.15, 0.2) is 0 Å². The summed E-state index contributed by atoms with van der Waals surface area (Å²) in [4.78, 5) is 126. The van der Waals surface area contributed by atoms with Crippen molar-refractivity contribution in [3.63, 3.8) is 0 Å². The van der Waals surface area contributed by atoms with Crippen LogP contribution in [-0.4, -0.2) is 150 Å². The number of aliphatic hydroxyl groups is 2. The number of hydrogen-bond donors (Lipinski definition) is 14. The number of carboxylic acids is 1. The summed E-state index contributed by atoms with van der Waals surface area (Å²) in [6.45, 7) is 1.64. The third kappa shape index (κ3) is 18.8. The van der Waals surface area contributed by atoms with Crippen molar-refractivity contribution < 1.29 is 63.3 Å². The zero-order valence-corrected chi connectivity index (χ0v) is 32.0. The predicted molar refractivity (Wildman–Crippen MR) is 197 cm³/mol. The van der Waals surface area contributed by atoms with Crippen LogP contribution in [-0.2, 0) is 47.9 Å². The lowest BCUT2D eigenvalue weighted by atomic mass is 10.0. The van der Waals surface area contributed by atoms with Crippen molar-refractivity contribution in [1.29, 1.82) is 0 Å². The van der Waals surface area contributed by atoms with E-state index in [0.717, 1.165) is 6.42 Å². The summed E-state index contributed by atoms with van der Waals surface area (Å²) in [7, 11) is 0. The van der Waals surface area contributed by atoms with Crippen molar-refractivity contribution in [3.8, 4) is 0 Å². The van der Waals surface area contributed by atoms with Crippen LogP contribution < -0.4 is 59.7 Å².